The lowest BCUT2D eigenvalue weighted by Gasteiger charge is -2.13. The van der Waals surface area contributed by atoms with Crippen LogP contribution in [0, 0.1) is 5.92 Å². The molecule has 0 aliphatic carbocycles. The van der Waals surface area contributed by atoms with E-state index in [1.54, 1.807) is 38.1 Å². The molecule has 1 N–H and O–H groups in total. The van der Waals surface area contributed by atoms with Gasteiger partial charge >= 0.3 is 5.97 Å². The largest absolute Gasteiger partial charge is 0.481 e. The van der Waals surface area contributed by atoms with Crippen LogP contribution in [0.4, 0.5) is 5.69 Å². The highest BCUT2D eigenvalue weighted by Crippen LogP contribution is 2.15. The molecule has 1 aromatic heterocycles. The summed E-state index contributed by atoms with van der Waals surface area (Å²) in [4.78, 5) is 40.2. The van der Waals surface area contributed by atoms with E-state index in [0.29, 0.717) is 17.1 Å². The van der Waals surface area contributed by atoms with Crippen LogP contribution < -0.4 is 10.1 Å². The number of ketones is 1. The van der Waals surface area contributed by atoms with E-state index in [0.717, 1.165) is 0 Å². The molecular formula is C20H22N2O5. The molecule has 7 nitrogen and oxygen atoms in total. The minimum Gasteiger partial charge on any atom is -0.481 e. The van der Waals surface area contributed by atoms with Gasteiger partial charge in [0.1, 0.15) is 0 Å². The SMILES string of the molecule is COc1ccc(C(=O)O[C@H](C)C(=O)c2ccc(NC(=O)C(C)C)cc2)cn1. The summed E-state index contributed by atoms with van der Waals surface area (Å²) in [6, 6.07) is 9.48. The minimum absolute atomic E-state index is 0.107. The Morgan fingerprint density at radius 2 is 1.59 bits per heavy atom. The Labute approximate surface area is 157 Å². The lowest BCUT2D eigenvalue weighted by Crippen LogP contribution is -2.24. The molecule has 7 heteroatoms. The van der Waals surface area contributed by atoms with Gasteiger partial charge in [-0.1, -0.05) is 13.8 Å². The van der Waals surface area contributed by atoms with Crippen molar-refractivity contribution < 1.29 is 23.9 Å². The van der Waals surface area contributed by atoms with E-state index in [4.69, 9.17) is 9.47 Å². The highest BCUT2D eigenvalue weighted by Gasteiger charge is 2.21. The van der Waals surface area contributed by atoms with Crippen molar-refractivity contribution >= 4 is 23.3 Å². The first-order valence-electron chi connectivity index (χ1n) is 8.48. The highest BCUT2D eigenvalue weighted by atomic mass is 16.5. The molecule has 0 radical (unpaired) electrons. The minimum atomic E-state index is -0.962. The third kappa shape index (κ3) is 5.37. The molecule has 142 valence electrons. The number of esters is 1. The Balaban J connectivity index is 1.99. The number of rotatable bonds is 7. The number of hydrogen-bond acceptors (Lipinski definition) is 6. The second-order valence-electron chi connectivity index (χ2n) is 6.22. The highest BCUT2D eigenvalue weighted by molar-refractivity contribution is 6.02. The van der Waals surface area contributed by atoms with Crippen LogP contribution in [0.2, 0.25) is 0 Å². The van der Waals surface area contributed by atoms with Crippen molar-refractivity contribution in [2.75, 3.05) is 12.4 Å². The lowest BCUT2D eigenvalue weighted by atomic mass is 10.1. The van der Waals surface area contributed by atoms with Gasteiger partial charge in [0, 0.05) is 29.4 Å². The van der Waals surface area contributed by atoms with Gasteiger partial charge < -0.3 is 14.8 Å². The van der Waals surface area contributed by atoms with Crippen LogP contribution in [0.1, 0.15) is 41.5 Å². The van der Waals surface area contributed by atoms with E-state index < -0.39 is 12.1 Å². The van der Waals surface area contributed by atoms with Crippen LogP contribution in [0.15, 0.2) is 42.6 Å². The fraction of sp³-hybridized carbons (Fsp3) is 0.300. The molecule has 1 heterocycles. The van der Waals surface area contributed by atoms with E-state index in [1.807, 2.05) is 0 Å². The number of anilines is 1. The van der Waals surface area contributed by atoms with Gasteiger partial charge in [-0.25, -0.2) is 9.78 Å². The van der Waals surface area contributed by atoms with E-state index in [-0.39, 0.29) is 23.2 Å². The second kappa shape index (κ2) is 8.93. The first kappa shape index (κ1) is 20.1. The van der Waals surface area contributed by atoms with Crippen LogP contribution in [0.25, 0.3) is 0 Å². The molecule has 2 rings (SSSR count). The van der Waals surface area contributed by atoms with Gasteiger partial charge in [-0.05, 0) is 37.3 Å². The molecule has 0 spiro atoms. The zero-order valence-corrected chi connectivity index (χ0v) is 15.7. The predicted octanol–water partition coefficient (Wildman–Crippen LogP) is 3.11. The van der Waals surface area contributed by atoms with Gasteiger partial charge in [0.05, 0.1) is 12.7 Å². The Hall–Kier alpha value is -3.22. The first-order valence-corrected chi connectivity index (χ1v) is 8.48. The summed E-state index contributed by atoms with van der Waals surface area (Å²) in [5.41, 5.74) is 1.20. The number of Topliss-reactive ketones (excluding diaryl/α,β-unsaturated/α-hetero) is 1. The average molecular weight is 370 g/mol. The van der Waals surface area contributed by atoms with E-state index in [1.165, 1.54) is 32.4 Å². The van der Waals surface area contributed by atoms with Gasteiger partial charge in [0.25, 0.3) is 0 Å². The summed E-state index contributed by atoms with van der Waals surface area (Å²) in [6.45, 7) is 5.09. The molecule has 0 bridgehead atoms. The smallest absolute Gasteiger partial charge is 0.340 e. The molecule has 27 heavy (non-hydrogen) atoms. The Bertz CT molecular complexity index is 813. The summed E-state index contributed by atoms with van der Waals surface area (Å²) < 4.78 is 10.1. The van der Waals surface area contributed by atoms with Gasteiger partial charge in [-0.3, -0.25) is 9.59 Å². The fourth-order valence-corrected chi connectivity index (χ4v) is 2.14. The quantitative estimate of drug-likeness (QED) is 0.594. The van der Waals surface area contributed by atoms with Crippen molar-refractivity contribution in [2.24, 2.45) is 5.92 Å². The van der Waals surface area contributed by atoms with E-state index in [2.05, 4.69) is 10.3 Å². The maximum absolute atomic E-state index is 12.5. The number of carbonyl (C=O) groups is 3. The summed E-state index contributed by atoms with van der Waals surface area (Å²) >= 11 is 0. The number of methoxy groups -OCH3 is 1. The van der Waals surface area contributed by atoms with Crippen LogP contribution in [0.3, 0.4) is 0 Å². The van der Waals surface area contributed by atoms with Crippen molar-refractivity contribution in [3.63, 3.8) is 0 Å². The number of nitrogens with one attached hydrogen (secondary N) is 1. The maximum atomic E-state index is 12.5. The van der Waals surface area contributed by atoms with Crippen LogP contribution >= 0.6 is 0 Å². The van der Waals surface area contributed by atoms with Crippen molar-refractivity contribution in [3.8, 4) is 5.88 Å². The van der Waals surface area contributed by atoms with Gasteiger partial charge in [-0.15, -0.1) is 0 Å². The summed E-state index contributed by atoms with van der Waals surface area (Å²) in [5.74, 6) is -0.860. The molecule has 0 saturated heterocycles. The number of carbonyl (C=O) groups excluding carboxylic acids is 3. The molecular weight excluding hydrogens is 348 g/mol. The lowest BCUT2D eigenvalue weighted by molar-refractivity contribution is -0.118. The number of aromatic nitrogens is 1. The number of amides is 1. The molecule has 2 aromatic rings. The Morgan fingerprint density at radius 1 is 0.963 bits per heavy atom. The monoisotopic (exact) mass is 370 g/mol. The zero-order valence-electron chi connectivity index (χ0n) is 15.7. The van der Waals surface area contributed by atoms with Crippen LogP contribution in [0.5, 0.6) is 5.88 Å². The number of ether oxygens (including phenoxy) is 2. The molecule has 1 amide bonds. The number of benzene rings is 1. The van der Waals surface area contributed by atoms with Gasteiger partial charge in [0.15, 0.2) is 6.10 Å². The van der Waals surface area contributed by atoms with Crippen molar-refractivity contribution in [3.05, 3.63) is 53.7 Å². The third-order valence-electron chi connectivity index (χ3n) is 3.80. The fourth-order valence-electron chi connectivity index (χ4n) is 2.14. The number of nitrogens with zero attached hydrogens (tertiary/aromatic N) is 1. The Morgan fingerprint density at radius 3 is 2.11 bits per heavy atom. The normalized spacial score (nSPS) is 11.6. The van der Waals surface area contributed by atoms with Crippen molar-refractivity contribution in [1.82, 2.24) is 4.98 Å². The molecule has 0 aliphatic rings. The second-order valence-corrected chi connectivity index (χ2v) is 6.22. The number of hydrogen-bond donors (Lipinski definition) is 1. The van der Waals surface area contributed by atoms with Crippen LogP contribution in [-0.2, 0) is 9.53 Å². The molecule has 1 atom stereocenters. The molecule has 0 saturated carbocycles. The van der Waals surface area contributed by atoms with Gasteiger partial charge in [-0.2, -0.15) is 0 Å². The Kier molecular flexibility index (Phi) is 6.65. The average Bonchev–Trinajstić information content (AvgIpc) is 2.67. The summed E-state index contributed by atoms with van der Waals surface area (Å²) in [7, 11) is 1.47. The summed E-state index contributed by atoms with van der Waals surface area (Å²) in [6.07, 6.45) is 0.362. The molecule has 1 aromatic carbocycles. The topological polar surface area (TPSA) is 94.6 Å². The van der Waals surface area contributed by atoms with E-state index in [9.17, 15) is 14.4 Å². The standard InChI is InChI=1S/C20H22N2O5/c1-12(2)19(24)22-16-8-5-14(6-9-16)18(23)13(3)27-20(25)15-7-10-17(26-4)21-11-15/h5-13H,1-4H3,(H,22,24)/t13-/m1/s1. The van der Waals surface area contributed by atoms with Crippen molar-refractivity contribution in [2.45, 2.75) is 26.9 Å². The zero-order chi connectivity index (χ0) is 20.0. The van der Waals surface area contributed by atoms with E-state index >= 15 is 0 Å². The maximum Gasteiger partial charge on any atom is 0.340 e. The van der Waals surface area contributed by atoms with Crippen molar-refractivity contribution in [1.29, 1.82) is 0 Å². The first-order chi connectivity index (χ1) is 12.8. The number of pyridine rings is 1. The van der Waals surface area contributed by atoms with Crippen LogP contribution in [-0.4, -0.2) is 35.9 Å². The molecule has 0 fully saturated rings. The molecule has 0 aliphatic heterocycles. The summed E-state index contributed by atoms with van der Waals surface area (Å²) in [5, 5.41) is 2.75. The third-order valence-corrected chi connectivity index (χ3v) is 3.80. The molecule has 0 unspecified atom stereocenters. The van der Waals surface area contributed by atoms with Gasteiger partial charge in [0.2, 0.25) is 17.6 Å². The predicted molar refractivity (Wildman–Crippen MR) is 99.9 cm³/mol.